The van der Waals surface area contributed by atoms with Gasteiger partial charge in [-0.15, -0.1) is 0 Å². The number of benzene rings is 2. The summed E-state index contributed by atoms with van der Waals surface area (Å²) in [5.74, 6) is 0.784. The fourth-order valence-electron chi connectivity index (χ4n) is 2.37. The van der Waals surface area contributed by atoms with Gasteiger partial charge < -0.3 is 10.1 Å². The zero-order valence-electron chi connectivity index (χ0n) is 12.0. The molecule has 0 saturated heterocycles. The van der Waals surface area contributed by atoms with Gasteiger partial charge in [0, 0.05) is 15.1 Å². The predicted molar refractivity (Wildman–Crippen MR) is 95.5 cm³/mol. The van der Waals surface area contributed by atoms with Gasteiger partial charge >= 0.3 is 0 Å². The summed E-state index contributed by atoms with van der Waals surface area (Å²) in [4.78, 5) is 0. The Morgan fingerprint density at radius 1 is 1.10 bits per heavy atom. The summed E-state index contributed by atoms with van der Waals surface area (Å²) in [7, 11) is 3.59. The molecule has 2 nitrogen and oxygen atoms in total. The third-order valence-electron chi connectivity index (χ3n) is 3.30. The highest BCUT2D eigenvalue weighted by Gasteiger charge is 2.21. The van der Waals surface area contributed by atoms with Crippen LogP contribution < -0.4 is 10.1 Å². The molecule has 2 aromatic carbocycles. The Morgan fingerprint density at radius 2 is 1.81 bits per heavy atom. The Morgan fingerprint density at radius 3 is 2.43 bits per heavy atom. The zero-order valence-corrected chi connectivity index (χ0v) is 15.9. The van der Waals surface area contributed by atoms with E-state index in [1.165, 1.54) is 5.56 Å². The zero-order chi connectivity index (χ0) is 15.6. The lowest BCUT2D eigenvalue weighted by atomic mass is 9.96. The van der Waals surface area contributed by atoms with Gasteiger partial charge in [-0.3, -0.25) is 0 Å². The molecule has 2 rings (SSSR count). The highest BCUT2D eigenvalue weighted by molar-refractivity contribution is 9.10. The normalized spacial score (nSPS) is 12.3. The number of methoxy groups -OCH3 is 1. The van der Waals surface area contributed by atoms with Crippen molar-refractivity contribution in [3.05, 3.63) is 61.0 Å². The number of hydrogen-bond donors (Lipinski definition) is 1. The van der Waals surface area contributed by atoms with Crippen molar-refractivity contribution in [2.24, 2.45) is 0 Å². The third kappa shape index (κ3) is 3.62. The molecule has 5 heteroatoms. The van der Waals surface area contributed by atoms with Crippen LogP contribution in [0.3, 0.4) is 0 Å². The van der Waals surface area contributed by atoms with Crippen molar-refractivity contribution in [1.82, 2.24) is 5.32 Å². The van der Waals surface area contributed by atoms with Gasteiger partial charge in [0.25, 0.3) is 0 Å². The van der Waals surface area contributed by atoms with Crippen LogP contribution in [0.5, 0.6) is 5.75 Å². The summed E-state index contributed by atoms with van der Waals surface area (Å²) in [5.41, 5.74) is 3.34. The van der Waals surface area contributed by atoms with E-state index in [1.807, 2.05) is 19.2 Å². The van der Waals surface area contributed by atoms with Crippen molar-refractivity contribution in [2.75, 3.05) is 14.2 Å². The third-order valence-corrected chi connectivity index (χ3v) is 4.83. The average Bonchev–Trinajstić information content (AvgIpc) is 2.43. The molecule has 0 aliphatic carbocycles. The van der Waals surface area contributed by atoms with Gasteiger partial charge in [-0.1, -0.05) is 45.2 Å². The second kappa shape index (κ2) is 7.14. The first-order valence-corrected chi connectivity index (χ1v) is 8.40. The molecule has 112 valence electrons. The number of aryl methyl sites for hydroxylation is 1. The quantitative estimate of drug-likeness (QED) is 0.688. The number of ether oxygens (including phenoxy) is 1. The molecule has 0 radical (unpaired) electrons. The van der Waals surface area contributed by atoms with E-state index < -0.39 is 0 Å². The molecule has 0 aliphatic rings. The lowest BCUT2D eigenvalue weighted by molar-refractivity contribution is 0.402. The van der Waals surface area contributed by atoms with Crippen LogP contribution >= 0.6 is 43.5 Å². The second-order valence-corrected chi connectivity index (χ2v) is 6.90. The highest BCUT2D eigenvalue weighted by atomic mass is 79.9. The van der Waals surface area contributed by atoms with E-state index in [2.05, 4.69) is 62.3 Å². The largest absolute Gasteiger partial charge is 0.495 e. The monoisotopic (exact) mass is 431 g/mol. The summed E-state index contributed by atoms with van der Waals surface area (Å²) in [6.45, 7) is 2.08. The lowest BCUT2D eigenvalue weighted by Gasteiger charge is -2.22. The first-order valence-electron chi connectivity index (χ1n) is 6.44. The van der Waals surface area contributed by atoms with Crippen LogP contribution in [0.25, 0.3) is 0 Å². The van der Waals surface area contributed by atoms with Gasteiger partial charge in [-0.2, -0.15) is 0 Å². The number of hydrogen-bond acceptors (Lipinski definition) is 2. The van der Waals surface area contributed by atoms with Crippen LogP contribution in [0.1, 0.15) is 22.7 Å². The molecule has 0 bridgehead atoms. The van der Waals surface area contributed by atoms with Crippen LogP contribution in [0.2, 0.25) is 5.02 Å². The van der Waals surface area contributed by atoms with E-state index in [4.69, 9.17) is 16.3 Å². The smallest absolute Gasteiger partial charge is 0.138 e. The number of rotatable bonds is 4. The Labute approximate surface area is 147 Å². The van der Waals surface area contributed by atoms with Gasteiger partial charge in [0.15, 0.2) is 0 Å². The summed E-state index contributed by atoms with van der Waals surface area (Å²) in [5, 5.41) is 4.01. The van der Waals surface area contributed by atoms with Crippen LogP contribution in [0.4, 0.5) is 0 Å². The molecule has 1 atom stereocenters. The van der Waals surface area contributed by atoms with Gasteiger partial charge in [-0.25, -0.2) is 0 Å². The minimum absolute atomic E-state index is 0.0239. The standard InChI is InChI=1S/C16H16Br2ClNO/c1-9-4-5-13(17)11(6-9)15(20-2)12-7-10(19)8-14(18)16(12)21-3/h4-8,15,20H,1-3H3. The molecule has 0 fully saturated rings. The van der Waals surface area contributed by atoms with E-state index in [9.17, 15) is 0 Å². The molecular weight excluding hydrogens is 417 g/mol. The molecule has 0 heterocycles. The van der Waals surface area contributed by atoms with Gasteiger partial charge in [-0.05, 0) is 53.7 Å². The minimum Gasteiger partial charge on any atom is -0.495 e. The highest BCUT2D eigenvalue weighted by Crippen LogP contribution is 2.39. The average molecular weight is 434 g/mol. The summed E-state index contributed by atoms with van der Waals surface area (Å²) < 4.78 is 7.44. The van der Waals surface area contributed by atoms with E-state index in [1.54, 1.807) is 7.11 Å². The summed E-state index contributed by atoms with van der Waals surface area (Å²) in [6.07, 6.45) is 0. The van der Waals surface area contributed by atoms with Gasteiger partial charge in [0.2, 0.25) is 0 Å². The fourth-order valence-corrected chi connectivity index (χ4v) is 3.84. The van der Waals surface area contributed by atoms with Crippen molar-refractivity contribution < 1.29 is 4.74 Å². The van der Waals surface area contributed by atoms with Crippen molar-refractivity contribution in [2.45, 2.75) is 13.0 Å². The number of halogens is 3. The van der Waals surface area contributed by atoms with Gasteiger partial charge in [0.05, 0.1) is 17.6 Å². The van der Waals surface area contributed by atoms with Crippen LogP contribution in [-0.4, -0.2) is 14.2 Å². The maximum Gasteiger partial charge on any atom is 0.138 e. The molecule has 0 aliphatic heterocycles. The minimum atomic E-state index is -0.0239. The van der Waals surface area contributed by atoms with Crippen LogP contribution in [0.15, 0.2) is 39.3 Å². The predicted octanol–water partition coefficient (Wildman–Crippen LogP) is 5.49. The Bertz CT molecular complexity index is 661. The van der Waals surface area contributed by atoms with E-state index in [-0.39, 0.29) is 6.04 Å². The van der Waals surface area contributed by atoms with Crippen molar-refractivity contribution in [1.29, 1.82) is 0 Å². The van der Waals surface area contributed by atoms with E-state index >= 15 is 0 Å². The fraction of sp³-hybridized carbons (Fsp3) is 0.250. The Kier molecular flexibility index (Phi) is 5.72. The maximum atomic E-state index is 6.21. The van der Waals surface area contributed by atoms with Crippen molar-refractivity contribution in [3.63, 3.8) is 0 Å². The van der Waals surface area contributed by atoms with Crippen molar-refractivity contribution in [3.8, 4) is 5.75 Å². The molecule has 0 amide bonds. The Hall–Kier alpha value is -0.550. The number of nitrogens with one attached hydrogen (secondary N) is 1. The van der Waals surface area contributed by atoms with Crippen LogP contribution in [0, 0.1) is 6.92 Å². The summed E-state index contributed by atoms with van der Waals surface area (Å²) >= 11 is 13.4. The molecular formula is C16H16Br2ClNO. The van der Waals surface area contributed by atoms with E-state index in [0.717, 1.165) is 25.8 Å². The van der Waals surface area contributed by atoms with E-state index in [0.29, 0.717) is 5.02 Å². The first kappa shape index (κ1) is 16.8. The molecule has 1 N–H and O–H groups in total. The molecule has 0 saturated carbocycles. The molecule has 2 aromatic rings. The van der Waals surface area contributed by atoms with Crippen molar-refractivity contribution >= 4 is 43.5 Å². The molecule has 0 aromatic heterocycles. The topological polar surface area (TPSA) is 21.3 Å². The molecule has 21 heavy (non-hydrogen) atoms. The SMILES string of the molecule is CNC(c1cc(C)ccc1Br)c1cc(Cl)cc(Br)c1OC. The first-order chi connectivity index (χ1) is 9.97. The molecule has 0 spiro atoms. The van der Waals surface area contributed by atoms with Crippen LogP contribution in [-0.2, 0) is 0 Å². The second-order valence-electron chi connectivity index (χ2n) is 4.76. The Balaban J connectivity index is 2.64. The maximum absolute atomic E-state index is 6.21. The molecule has 1 unspecified atom stereocenters. The lowest BCUT2D eigenvalue weighted by Crippen LogP contribution is -2.19. The van der Waals surface area contributed by atoms with Gasteiger partial charge in [0.1, 0.15) is 5.75 Å². The summed E-state index contributed by atoms with van der Waals surface area (Å²) in [6, 6.07) is 10.0.